The number of amides is 1. The smallest absolute Gasteiger partial charge is 0.303 e. The maximum Gasteiger partial charge on any atom is 0.303 e. The fourth-order valence-electron chi connectivity index (χ4n) is 2.25. The molecule has 6 heteroatoms. The average molecular weight is 378 g/mol. The lowest BCUT2D eigenvalue weighted by Crippen LogP contribution is -2.39. The molecule has 2 atom stereocenters. The van der Waals surface area contributed by atoms with Crippen LogP contribution in [0.4, 0.5) is 5.69 Å². The number of esters is 1. The zero-order valence-electron chi connectivity index (χ0n) is 16.2. The van der Waals surface area contributed by atoms with E-state index in [0.29, 0.717) is 0 Å². The summed E-state index contributed by atoms with van der Waals surface area (Å²) in [4.78, 5) is 24.9. The Morgan fingerprint density at radius 3 is 2.42 bits per heavy atom. The second-order valence-electron chi connectivity index (χ2n) is 5.45. The van der Waals surface area contributed by atoms with Gasteiger partial charge < -0.3 is 14.8 Å². The van der Waals surface area contributed by atoms with Crippen LogP contribution in [-0.2, 0) is 19.1 Å². The topological polar surface area (TPSA) is 64.6 Å². The van der Waals surface area contributed by atoms with Crippen LogP contribution in [0.5, 0.6) is 0 Å². The summed E-state index contributed by atoms with van der Waals surface area (Å²) >= 11 is 1.50. The minimum absolute atomic E-state index is 0.321. The first-order valence-electron chi connectivity index (χ1n) is 8.55. The van der Waals surface area contributed by atoms with Crippen molar-refractivity contribution in [3.05, 3.63) is 47.7 Å². The molecule has 1 amide bonds. The monoisotopic (exact) mass is 377 g/mol. The van der Waals surface area contributed by atoms with Crippen molar-refractivity contribution in [1.29, 1.82) is 0 Å². The minimum atomic E-state index is -0.896. The van der Waals surface area contributed by atoms with Crippen molar-refractivity contribution in [2.24, 2.45) is 0 Å². The van der Waals surface area contributed by atoms with Crippen LogP contribution in [0.2, 0.25) is 0 Å². The summed E-state index contributed by atoms with van der Waals surface area (Å²) in [6, 6.07) is 7.54. The van der Waals surface area contributed by atoms with E-state index in [-0.39, 0.29) is 11.2 Å². The number of anilines is 1. The highest BCUT2D eigenvalue weighted by Crippen LogP contribution is 2.39. The van der Waals surface area contributed by atoms with Crippen molar-refractivity contribution < 1.29 is 19.1 Å². The van der Waals surface area contributed by atoms with Gasteiger partial charge in [0.2, 0.25) is 0 Å². The van der Waals surface area contributed by atoms with Gasteiger partial charge in [-0.1, -0.05) is 37.6 Å². The molecule has 142 valence electrons. The van der Waals surface area contributed by atoms with Crippen molar-refractivity contribution >= 4 is 29.3 Å². The zero-order valence-corrected chi connectivity index (χ0v) is 17.0. The molecule has 5 nitrogen and oxygen atoms in total. The van der Waals surface area contributed by atoms with E-state index in [9.17, 15) is 9.59 Å². The van der Waals surface area contributed by atoms with Crippen LogP contribution in [0.25, 0.3) is 0 Å². The third-order valence-corrected chi connectivity index (χ3v) is 5.06. The van der Waals surface area contributed by atoms with Gasteiger partial charge in [0.05, 0.1) is 23.8 Å². The zero-order chi connectivity index (χ0) is 19.7. The van der Waals surface area contributed by atoms with Gasteiger partial charge in [-0.2, -0.15) is 0 Å². The Labute approximate surface area is 159 Å². The largest absolute Gasteiger partial charge is 0.501 e. The SMILES string of the molecule is CC.CO/C(C)=C/C=C(\C)C1Sc2ccccc2NC(=O)C1OC(C)=O. The lowest BCUT2D eigenvalue weighted by molar-refractivity contribution is -0.151. The Kier molecular flexibility index (Phi) is 8.99. The number of nitrogens with one attached hydrogen (secondary N) is 1. The number of benzene rings is 1. The Balaban J connectivity index is 0.00000163. The lowest BCUT2D eigenvalue weighted by Gasteiger charge is -2.23. The van der Waals surface area contributed by atoms with Gasteiger partial charge in [-0.05, 0) is 32.1 Å². The molecule has 26 heavy (non-hydrogen) atoms. The third-order valence-electron chi connectivity index (χ3n) is 3.58. The highest BCUT2D eigenvalue weighted by molar-refractivity contribution is 8.00. The van der Waals surface area contributed by atoms with Gasteiger partial charge in [0.25, 0.3) is 5.91 Å². The van der Waals surface area contributed by atoms with Crippen molar-refractivity contribution in [2.45, 2.75) is 50.9 Å². The number of rotatable bonds is 4. The van der Waals surface area contributed by atoms with E-state index in [1.807, 2.05) is 64.1 Å². The molecule has 1 aromatic rings. The summed E-state index contributed by atoms with van der Waals surface area (Å²) in [6.45, 7) is 9.06. The second-order valence-corrected chi connectivity index (χ2v) is 6.63. The number of carbonyl (C=O) groups is 2. The highest BCUT2D eigenvalue weighted by Gasteiger charge is 2.36. The van der Waals surface area contributed by atoms with E-state index < -0.39 is 12.1 Å². The Bertz CT molecular complexity index is 697. The minimum Gasteiger partial charge on any atom is -0.501 e. The molecule has 1 N–H and O–H groups in total. The summed E-state index contributed by atoms with van der Waals surface area (Å²) in [5.41, 5.74) is 1.64. The quantitative estimate of drug-likeness (QED) is 0.474. The molecule has 2 rings (SSSR count). The molecule has 0 saturated carbocycles. The molecular formula is C20H27NO4S. The van der Waals surface area contributed by atoms with Crippen molar-refractivity contribution in [1.82, 2.24) is 0 Å². The molecule has 0 aliphatic carbocycles. The molecule has 0 radical (unpaired) electrons. The standard InChI is InChI=1S/C18H21NO4S.C2H6/c1-11(9-10-12(2)22-4)17-16(23-13(3)20)18(21)19-14-7-5-6-8-15(14)24-17;1-2/h5-10,16-17H,1-4H3,(H,19,21);1-2H3/b11-9+,12-10+;. The van der Waals surface area contributed by atoms with Crippen LogP contribution in [0.15, 0.2) is 52.6 Å². The van der Waals surface area contributed by atoms with Gasteiger partial charge in [0.15, 0.2) is 6.10 Å². The number of fused-ring (bicyclic) bond motifs is 1. The third kappa shape index (κ3) is 5.95. The number of hydrogen-bond donors (Lipinski definition) is 1. The molecule has 1 heterocycles. The normalized spacial score (nSPS) is 20.0. The van der Waals surface area contributed by atoms with Crippen LogP contribution in [0.1, 0.15) is 34.6 Å². The maximum atomic E-state index is 12.6. The van der Waals surface area contributed by atoms with Crippen LogP contribution < -0.4 is 5.32 Å². The summed E-state index contributed by atoms with van der Waals surface area (Å²) in [5.74, 6) is -0.0576. The van der Waals surface area contributed by atoms with Gasteiger partial charge in [-0.15, -0.1) is 11.8 Å². The van der Waals surface area contributed by atoms with E-state index in [4.69, 9.17) is 9.47 Å². The first kappa shape index (κ1) is 21.8. The first-order valence-corrected chi connectivity index (χ1v) is 9.43. The van der Waals surface area contributed by atoms with E-state index in [1.165, 1.54) is 18.7 Å². The molecule has 0 saturated heterocycles. The number of carbonyl (C=O) groups excluding carboxylic acids is 2. The molecule has 1 aliphatic heterocycles. The molecule has 0 spiro atoms. The van der Waals surface area contributed by atoms with Gasteiger partial charge in [0, 0.05) is 11.8 Å². The Morgan fingerprint density at radius 2 is 1.81 bits per heavy atom. The van der Waals surface area contributed by atoms with E-state index in [1.54, 1.807) is 7.11 Å². The molecule has 2 unspecified atom stereocenters. The number of ether oxygens (including phenoxy) is 2. The molecule has 1 aliphatic rings. The predicted molar refractivity (Wildman–Crippen MR) is 106 cm³/mol. The fraction of sp³-hybridized carbons (Fsp3) is 0.400. The van der Waals surface area contributed by atoms with Gasteiger partial charge in [-0.25, -0.2) is 0 Å². The fourth-order valence-corrected chi connectivity index (χ4v) is 3.49. The van der Waals surface area contributed by atoms with Crippen LogP contribution in [0.3, 0.4) is 0 Å². The molecule has 0 bridgehead atoms. The Hall–Kier alpha value is -2.21. The number of hydrogen-bond acceptors (Lipinski definition) is 5. The Morgan fingerprint density at radius 1 is 1.15 bits per heavy atom. The summed E-state index contributed by atoms with van der Waals surface area (Å²) in [7, 11) is 1.60. The summed E-state index contributed by atoms with van der Waals surface area (Å²) < 4.78 is 10.4. The first-order chi connectivity index (χ1) is 12.4. The van der Waals surface area contributed by atoms with Crippen molar-refractivity contribution in [3.8, 4) is 0 Å². The van der Waals surface area contributed by atoms with Gasteiger partial charge >= 0.3 is 5.97 Å². The van der Waals surface area contributed by atoms with Gasteiger partial charge in [0.1, 0.15) is 0 Å². The van der Waals surface area contributed by atoms with Crippen LogP contribution in [-0.4, -0.2) is 30.3 Å². The van der Waals surface area contributed by atoms with Crippen LogP contribution in [0, 0.1) is 0 Å². The summed E-state index contributed by atoms with van der Waals surface area (Å²) in [6.07, 6.45) is 2.82. The van der Waals surface area contributed by atoms with Crippen molar-refractivity contribution in [2.75, 3.05) is 12.4 Å². The van der Waals surface area contributed by atoms with E-state index in [2.05, 4.69) is 5.32 Å². The number of para-hydroxylation sites is 1. The molecule has 0 fully saturated rings. The number of allylic oxidation sites excluding steroid dienone is 3. The molecule has 0 aromatic heterocycles. The maximum absolute atomic E-state index is 12.6. The average Bonchev–Trinajstić information content (AvgIpc) is 2.77. The second kappa shape index (κ2) is 10.7. The van der Waals surface area contributed by atoms with Crippen LogP contribution >= 0.6 is 11.8 Å². The molecular weight excluding hydrogens is 350 g/mol. The predicted octanol–water partition coefficient (Wildman–Crippen LogP) is 4.55. The van der Waals surface area contributed by atoms with Gasteiger partial charge in [-0.3, -0.25) is 9.59 Å². The summed E-state index contributed by atoms with van der Waals surface area (Å²) in [5, 5.41) is 2.51. The number of methoxy groups -OCH3 is 1. The van der Waals surface area contributed by atoms with E-state index >= 15 is 0 Å². The highest BCUT2D eigenvalue weighted by atomic mass is 32.2. The molecule has 1 aromatic carbocycles. The van der Waals surface area contributed by atoms with Crippen molar-refractivity contribution in [3.63, 3.8) is 0 Å². The lowest BCUT2D eigenvalue weighted by atomic mass is 10.1. The van der Waals surface area contributed by atoms with E-state index in [0.717, 1.165) is 21.9 Å². The number of thioether (sulfide) groups is 1.